The van der Waals surface area contributed by atoms with Gasteiger partial charge in [0.1, 0.15) is 5.75 Å². The topological polar surface area (TPSA) is 69.6 Å². The van der Waals surface area contributed by atoms with Crippen molar-refractivity contribution < 1.29 is 15.0 Å². The number of rotatable bonds is 4. The molecule has 1 rings (SSSR count). The van der Waals surface area contributed by atoms with Crippen molar-refractivity contribution in [2.75, 3.05) is 6.54 Å². The molecule has 0 heterocycles. The van der Waals surface area contributed by atoms with Gasteiger partial charge in [-0.1, -0.05) is 13.0 Å². The predicted octanol–water partition coefficient (Wildman–Crippen LogP) is 1.20. The van der Waals surface area contributed by atoms with Crippen LogP contribution in [-0.2, 0) is 6.54 Å². The highest BCUT2D eigenvalue weighted by Gasteiger charge is 2.09. The van der Waals surface area contributed by atoms with Crippen molar-refractivity contribution >= 4 is 5.97 Å². The average molecular weight is 195 g/mol. The van der Waals surface area contributed by atoms with Crippen LogP contribution in [0, 0.1) is 0 Å². The molecule has 0 aliphatic rings. The molecule has 0 saturated carbocycles. The fourth-order valence-electron chi connectivity index (χ4n) is 1.18. The average Bonchev–Trinajstić information content (AvgIpc) is 2.15. The van der Waals surface area contributed by atoms with Crippen LogP contribution in [0.3, 0.4) is 0 Å². The van der Waals surface area contributed by atoms with E-state index in [1.54, 1.807) is 6.07 Å². The predicted molar refractivity (Wildman–Crippen MR) is 52.4 cm³/mol. The van der Waals surface area contributed by atoms with E-state index in [0.29, 0.717) is 12.1 Å². The minimum absolute atomic E-state index is 0.0253. The van der Waals surface area contributed by atoms with Crippen LogP contribution in [0.2, 0.25) is 0 Å². The monoisotopic (exact) mass is 195 g/mol. The van der Waals surface area contributed by atoms with E-state index < -0.39 is 5.97 Å². The third kappa shape index (κ3) is 2.47. The van der Waals surface area contributed by atoms with Gasteiger partial charge in [-0.05, 0) is 24.2 Å². The van der Waals surface area contributed by atoms with Crippen molar-refractivity contribution in [3.8, 4) is 5.75 Å². The lowest BCUT2D eigenvalue weighted by Gasteiger charge is -2.06. The standard InChI is InChI=1S/C10H13NO3/c1-2-11-6-7-3-4-8(12)5-9(7)10(13)14/h3-5,11-12H,2,6H2,1H3,(H,13,14). The van der Waals surface area contributed by atoms with E-state index in [-0.39, 0.29) is 11.3 Å². The lowest BCUT2D eigenvalue weighted by molar-refractivity contribution is 0.0695. The number of phenolic OH excluding ortho intramolecular Hbond substituents is 1. The van der Waals surface area contributed by atoms with Gasteiger partial charge < -0.3 is 15.5 Å². The van der Waals surface area contributed by atoms with Gasteiger partial charge in [-0.2, -0.15) is 0 Å². The number of carboxylic acids is 1. The van der Waals surface area contributed by atoms with Crippen molar-refractivity contribution in [3.63, 3.8) is 0 Å². The van der Waals surface area contributed by atoms with Gasteiger partial charge in [-0.25, -0.2) is 4.79 Å². The zero-order valence-corrected chi connectivity index (χ0v) is 7.95. The van der Waals surface area contributed by atoms with Crippen molar-refractivity contribution in [1.29, 1.82) is 0 Å². The fraction of sp³-hybridized carbons (Fsp3) is 0.300. The van der Waals surface area contributed by atoms with Crippen LogP contribution >= 0.6 is 0 Å². The van der Waals surface area contributed by atoms with Crippen LogP contribution in [0.1, 0.15) is 22.8 Å². The summed E-state index contributed by atoms with van der Waals surface area (Å²) in [7, 11) is 0. The van der Waals surface area contributed by atoms with E-state index in [1.807, 2.05) is 6.92 Å². The number of phenols is 1. The maximum Gasteiger partial charge on any atom is 0.336 e. The van der Waals surface area contributed by atoms with E-state index in [9.17, 15) is 4.79 Å². The Morgan fingerprint density at radius 3 is 2.79 bits per heavy atom. The molecule has 76 valence electrons. The molecule has 3 N–H and O–H groups in total. The molecular weight excluding hydrogens is 182 g/mol. The van der Waals surface area contributed by atoms with Crippen LogP contribution in [0.25, 0.3) is 0 Å². The normalized spacial score (nSPS) is 10.1. The van der Waals surface area contributed by atoms with Crippen LogP contribution in [-0.4, -0.2) is 22.7 Å². The third-order valence-electron chi connectivity index (χ3n) is 1.89. The number of aromatic carboxylic acids is 1. The molecular formula is C10H13NO3. The molecule has 0 radical (unpaired) electrons. The molecule has 0 amide bonds. The van der Waals surface area contributed by atoms with Crippen molar-refractivity contribution in [1.82, 2.24) is 5.32 Å². The molecule has 0 aromatic heterocycles. The maximum atomic E-state index is 10.8. The summed E-state index contributed by atoms with van der Waals surface area (Å²) in [5.74, 6) is -1.04. The molecule has 14 heavy (non-hydrogen) atoms. The van der Waals surface area contributed by atoms with Crippen LogP contribution < -0.4 is 5.32 Å². The number of carboxylic acid groups (broad SMARTS) is 1. The van der Waals surface area contributed by atoms with Gasteiger partial charge in [0.25, 0.3) is 0 Å². The SMILES string of the molecule is CCNCc1ccc(O)cc1C(=O)O. The Morgan fingerprint density at radius 1 is 1.50 bits per heavy atom. The van der Waals surface area contributed by atoms with Crippen molar-refractivity contribution in [3.05, 3.63) is 29.3 Å². The zero-order valence-electron chi connectivity index (χ0n) is 7.95. The van der Waals surface area contributed by atoms with E-state index in [1.165, 1.54) is 12.1 Å². The largest absolute Gasteiger partial charge is 0.508 e. The first-order valence-corrected chi connectivity index (χ1v) is 4.41. The highest BCUT2D eigenvalue weighted by Crippen LogP contribution is 2.16. The van der Waals surface area contributed by atoms with Crippen LogP contribution in [0.4, 0.5) is 0 Å². The van der Waals surface area contributed by atoms with E-state index in [2.05, 4.69) is 5.32 Å². The van der Waals surface area contributed by atoms with E-state index in [0.717, 1.165) is 6.54 Å². The number of benzene rings is 1. The Balaban J connectivity index is 2.96. The van der Waals surface area contributed by atoms with Gasteiger partial charge in [0.15, 0.2) is 0 Å². The van der Waals surface area contributed by atoms with Gasteiger partial charge in [0, 0.05) is 6.54 Å². The molecule has 0 unspecified atom stereocenters. The van der Waals surface area contributed by atoms with Crippen LogP contribution in [0.5, 0.6) is 5.75 Å². The van der Waals surface area contributed by atoms with Crippen LogP contribution in [0.15, 0.2) is 18.2 Å². The van der Waals surface area contributed by atoms with E-state index >= 15 is 0 Å². The lowest BCUT2D eigenvalue weighted by Crippen LogP contribution is -2.14. The van der Waals surface area contributed by atoms with E-state index in [4.69, 9.17) is 10.2 Å². The van der Waals surface area contributed by atoms with Crippen molar-refractivity contribution in [2.45, 2.75) is 13.5 Å². The minimum Gasteiger partial charge on any atom is -0.508 e. The maximum absolute atomic E-state index is 10.8. The summed E-state index contributed by atoms with van der Waals surface area (Å²) in [6.07, 6.45) is 0. The summed E-state index contributed by atoms with van der Waals surface area (Å²) in [4.78, 5) is 10.8. The molecule has 4 heteroatoms. The summed E-state index contributed by atoms with van der Waals surface area (Å²) in [6.45, 7) is 3.22. The Kier molecular flexibility index (Phi) is 3.48. The lowest BCUT2D eigenvalue weighted by atomic mass is 10.1. The molecule has 4 nitrogen and oxygen atoms in total. The van der Waals surface area contributed by atoms with Gasteiger partial charge in [-0.3, -0.25) is 0 Å². The summed E-state index contributed by atoms with van der Waals surface area (Å²) < 4.78 is 0. The quantitative estimate of drug-likeness (QED) is 0.675. The molecule has 0 atom stereocenters. The smallest absolute Gasteiger partial charge is 0.336 e. The minimum atomic E-state index is -1.02. The molecule has 0 saturated heterocycles. The highest BCUT2D eigenvalue weighted by molar-refractivity contribution is 5.89. The Hall–Kier alpha value is -1.55. The second kappa shape index (κ2) is 4.62. The second-order valence-electron chi connectivity index (χ2n) is 2.93. The number of carbonyl (C=O) groups is 1. The molecule has 1 aromatic rings. The summed E-state index contributed by atoms with van der Waals surface area (Å²) in [5, 5.41) is 21.0. The number of aromatic hydroxyl groups is 1. The molecule has 0 aliphatic heterocycles. The second-order valence-corrected chi connectivity index (χ2v) is 2.93. The Labute approximate surface area is 82.2 Å². The Bertz CT molecular complexity index is 336. The molecule has 0 spiro atoms. The summed E-state index contributed by atoms with van der Waals surface area (Å²) in [6, 6.07) is 4.36. The first kappa shape index (κ1) is 10.5. The van der Waals surface area contributed by atoms with Gasteiger partial charge >= 0.3 is 5.97 Å². The van der Waals surface area contributed by atoms with Gasteiger partial charge in [0.2, 0.25) is 0 Å². The number of nitrogens with one attached hydrogen (secondary N) is 1. The summed E-state index contributed by atoms with van der Waals surface area (Å²) >= 11 is 0. The molecule has 1 aromatic carbocycles. The molecule has 0 fully saturated rings. The van der Waals surface area contributed by atoms with Gasteiger partial charge in [-0.15, -0.1) is 0 Å². The molecule has 0 aliphatic carbocycles. The number of hydrogen-bond donors (Lipinski definition) is 3. The third-order valence-corrected chi connectivity index (χ3v) is 1.89. The van der Waals surface area contributed by atoms with Gasteiger partial charge in [0.05, 0.1) is 5.56 Å². The summed E-state index contributed by atoms with van der Waals surface area (Å²) in [5.41, 5.74) is 0.822. The first-order valence-electron chi connectivity index (χ1n) is 4.41. The fourth-order valence-corrected chi connectivity index (χ4v) is 1.18. The molecule has 0 bridgehead atoms. The first-order chi connectivity index (χ1) is 6.65. The zero-order chi connectivity index (χ0) is 10.6. The highest BCUT2D eigenvalue weighted by atomic mass is 16.4. The van der Waals surface area contributed by atoms with Crippen molar-refractivity contribution in [2.24, 2.45) is 0 Å². The Morgan fingerprint density at radius 2 is 2.21 bits per heavy atom. The number of hydrogen-bond acceptors (Lipinski definition) is 3.